The Hall–Kier alpha value is -3.75. The molecule has 1 fully saturated rings. The van der Waals surface area contributed by atoms with Crippen LogP contribution in [0, 0.1) is 0 Å². The van der Waals surface area contributed by atoms with Crippen molar-refractivity contribution in [2.75, 3.05) is 39.4 Å². The number of carbonyl (C=O) groups is 3. The Balaban J connectivity index is 1.11. The summed E-state index contributed by atoms with van der Waals surface area (Å²) in [6, 6.07) is 12.3. The van der Waals surface area contributed by atoms with Gasteiger partial charge in [0.1, 0.15) is 23.7 Å². The molecule has 0 unspecified atom stereocenters. The molecule has 0 N–H and O–H groups in total. The third-order valence-electron chi connectivity index (χ3n) is 6.32. The number of hydrogen-bond donors (Lipinski definition) is 0. The predicted molar refractivity (Wildman–Crippen MR) is 125 cm³/mol. The second kappa shape index (κ2) is 9.13. The Morgan fingerprint density at radius 3 is 2.49 bits per heavy atom. The second-order valence-electron chi connectivity index (χ2n) is 9.48. The molecule has 0 aliphatic carbocycles. The number of rotatable bonds is 4. The molecule has 0 radical (unpaired) electrons. The van der Waals surface area contributed by atoms with Crippen LogP contribution in [0.5, 0.6) is 23.0 Å². The van der Waals surface area contributed by atoms with Gasteiger partial charge < -0.3 is 28.7 Å². The molecular formula is C26H28N2O7. The van der Waals surface area contributed by atoms with Crippen LogP contribution in [0.25, 0.3) is 0 Å². The fourth-order valence-corrected chi connectivity index (χ4v) is 4.48. The van der Waals surface area contributed by atoms with Gasteiger partial charge in [0.15, 0.2) is 23.9 Å². The minimum Gasteiger partial charge on any atom is -0.486 e. The first-order valence-electron chi connectivity index (χ1n) is 11.7. The van der Waals surface area contributed by atoms with Crippen LogP contribution in [0.2, 0.25) is 0 Å². The van der Waals surface area contributed by atoms with Crippen molar-refractivity contribution in [1.82, 2.24) is 9.80 Å². The SMILES string of the molecule is CC1(C)CC(=O)c2ccc(OCC(=O)N3CCN(C(=O)[C@H]4COc5ccccc5O4)CC3)cc2O1. The topological polar surface area (TPSA) is 94.6 Å². The van der Waals surface area contributed by atoms with E-state index in [9.17, 15) is 14.4 Å². The maximum Gasteiger partial charge on any atom is 0.267 e. The van der Waals surface area contributed by atoms with E-state index in [2.05, 4.69) is 0 Å². The molecule has 5 rings (SSSR count). The van der Waals surface area contributed by atoms with Gasteiger partial charge >= 0.3 is 0 Å². The van der Waals surface area contributed by atoms with Crippen LogP contribution >= 0.6 is 0 Å². The minimum atomic E-state index is -0.696. The molecule has 0 bridgehead atoms. The quantitative estimate of drug-likeness (QED) is 0.663. The standard InChI is InChI=1S/C26H28N2O7/c1-26(2)14-19(29)18-8-7-17(13-22(18)35-26)32-16-24(30)27-9-11-28(12-10-27)25(31)23-15-33-20-5-3-4-6-21(20)34-23/h3-8,13,23H,9-12,14-16H2,1-2H3/t23-/m1/s1. The molecule has 3 heterocycles. The van der Waals surface area contributed by atoms with Crippen molar-refractivity contribution in [1.29, 1.82) is 0 Å². The van der Waals surface area contributed by atoms with Crippen molar-refractivity contribution in [2.24, 2.45) is 0 Å². The summed E-state index contributed by atoms with van der Waals surface area (Å²) < 4.78 is 23.1. The van der Waals surface area contributed by atoms with Crippen LogP contribution in [0.15, 0.2) is 42.5 Å². The van der Waals surface area contributed by atoms with Gasteiger partial charge in [-0.25, -0.2) is 0 Å². The summed E-state index contributed by atoms with van der Waals surface area (Å²) in [6.07, 6.45) is -0.376. The van der Waals surface area contributed by atoms with Gasteiger partial charge in [0.25, 0.3) is 11.8 Å². The normalized spacial score (nSPS) is 20.5. The molecule has 9 heteroatoms. The molecule has 184 valence electrons. The number of amides is 2. The number of nitrogens with zero attached hydrogens (tertiary/aromatic N) is 2. The fraction of sp³-hybridized carbons (Fsp3) is 0.423. The summed E-state index contributed by atoms with van der Waals surface area (Å²) in [5.41, 5.74) is -0.0482. The summed E-state index contributed by atoms with van der Waals surface area (Å²) in [7, 11) is 0. The molecule has 2 aromatic rings. The lowest BCUT2D eigenvalue weighted by molar-refractivity contribution is -0.146. The number of para-hydroxylation sites is 2. The first-order valence-corrected chi connectivity index (χ1v) is 11.7. The average Bonchev–Trinajstić information content (AvgIpc) is 2.85. The Morgan fingerprint density at radius 1 is 1.00 bits per heavy atom. The molecule has 2 amide bonds. The fourth-order valence-electron chi connectivity index (χ4n) is 4.48. The number of hydrogen-bond acceptors (Lipinski definition) is 7. The average molecular weight is 481 g/mol. The molecular weight excluding hydrogens is 452 g/mol. The number of piperazine rings is 1. The predicted octanol–water partition coefficient (Wildman–Crippen LogP) is 2.32. The van der Waals surface area contributed by atoms with Gasteiger partial charge in [0.05, 0.1) is 12.0 Å². The maximum atomic E-state index is 12.9. The summed E-state index contributed by atoms with van der Waals surface area (Å²) in [5, 5.41) is 0. The zero-order valence-corrected chi connectivity index (χ0v) is 19.8. The van der Waals surface area contributed by atoms with Gasteiger partial charge in [-0.05, 0) is 38.1 Å². The Labute approximate surface area is 203 Å². The maximum absolute atomic E-state index is 12.9. The van der Waals surface area contributed by atoms with E-state index in [1.54, 1.807) is 40.1 Å². The van der Waals surface area contributed by atoms with E-state index < -0.39 is 11.7 Å². The summed E-state index contributed by atoms with van der Waals surface area (Å²) >= 11 is 0. The van der Waals surface area contributed by atoms with E-state index in [1.165, 1.54) is 0 Å². The van der Waals surface area contributed by atoms with Crippen molar-refractivity contribution in [3.8, 4) is 23.0 Å². The molecule has 0 saturated carbocycles. The highest BCUT2D eigenvalue weighted by molar-refractivity contribution is 6.00. The van der Waals surface area contributed by atoms with Crippen molar-refractivity contribution in [3.63, 3.8) is 0 Å². The van der Waals surface area contributed by atoms with Crippen molar-refractivity contribution in [2.45, 2.75) is 32.0 Å². The van der Waals surface area contributed by atoms with Crippen LogP contribution in [0.1, 0.15) is 30.6 Å². The van der Waals surface area contributed by atoms with Crippen LogP contribution in [-0.2, 0) is 9.59 Å². The largest absolute Gasteiger partial charge is 0.486 e. The lowest BCUT2D eigenvalue weighted by atomic mass is 9.93. The van der Waals surface area contributed by atoms with E-state index in [0.717, 1.165) is 0 Å². The van der Waals surface area contributed by atoms with E-state index in [1.807, 2.05) is 26.0 Å². The van der Waals surface area contributed by atoms with Gasteiger partial charge in [-0.15, -0.1) is 0 Å². The van der Waals surface area contributed by atoms with E-state index in [-0.39, 0.29) is 30.8 Å². The summed E-state index contributed by atoms with van der Waals surface area (Å²) in [4.78, 5) is 41.3. The summed E-state index contributed by atoms with van der Waals surface area (Å²) in [5.74, 6) is 1.84. The number of Topliss-reactive ketones (excluding diaryl/α,β-unsaturated/α-hetero) is 1. The highest BCUT2D eigenvalue weighted by atomic mass is 16.6. The molecule has 0 spiro atoms. The molecule has 1 atom stereocenters. The van der Waals surface area contributed by atoms with Crippen molar-refractivity contribution in [3.05, 3.63) is 48.0 Å². The first-order chi connectivity index (χ1) is 16.8. The van der Waals surface area contributed by atoms with Crippen LogP contribution in [-0.4, -0.2) is 78.5 Å². The Bertz CT molecular complexity index is 1150. The summed E-state index contributed by atoms with van der Waals surface area (Å²) in [6.45, 7) is 5.40. The molecule has 3 aliphatic rings. The Kier molecular flexibility index (Phi) is 6.00. The molecule has 3 aliphatic heterocycles. The smallest absolute Gasteiger partial charge is 0.267 e. The van der Waals surface area contributed by atoms with Gasteiger partial charge in [0.2, 0.25) is 6.10 Å². The molecule has 2 aromatic carbocycles. The molecule has 35 heavy (non-hydrogen) atoms. The van der Waals surface area contributed by atoms with Gasteiger partial charge in [-0.1, -0.05) is 12.1 Å². The van der Waals surface area contributed by atoms with E-state index >= 15 is 0 Å². The molecule has 0 aromatic heterocycles. The van der Waals surface area contributed by atoms with Gasteiger partial charge in [-0.2, -0.15) is 0 Å². The lowest BCUT2D eigenvalue weighted by Gasteiger charge is -2.37. The lowest BCUT2D eigenvalue weighted by Crippen LogP contribution is -2.55. The van der Waals surface area contributed by atoms with Gasteiger partial charge in [0, 0.05) is 32.2 Å². The highest BCUT2D eigenvalue weighted by Gasteiger charge is 2.34. The molecule has 9 nitrogen and oxygen atoms in total. The number of fused-ring (bicyclic) bond motifs is 2. The monoisotopic (exact) mass is 480 g/mol. The third kappa shape index (κ3) is 4.89. The van der Waals surface area contributed by atoms with E-state index in [0.29, 0.717) is 61.2 Å². The van der Waals surface area contributed by atoms with Crippen molar-refractivity contribution >= 4 is 17.6 Å². The number of ketones is 1. The third-order valence-corrected chi connectivity index (χ3v) is 6.32. The van der Waals surface area contributed by atoms with Crippen LogP contribution in [0.3, 0.4) is 0 Å². The highest BCUT2D eigenvalue weighted by Crippen LogP contribution is 2.35. The number of carbonyl (C=O) groups excluding carboxylic acids is 3. The Morgan fingerprint density at radius 2 is 1.71 bits per heavy atom. The minimum absolute atomic E-state index is 0.0284. The van der Waals surface area contributed by atoms with Crippen molar-refractivity contribution < 1.29 is 33.3 Å². The number of benzene rings is 2. The molecule has 1 saturated heterocycles. The zero-order chi connectivity index (χ0) is 24.6. The second-order valence-corrected chi connectivity index (χ2v) is 9.48. The zero-order valence-electron chi connectivity index (χ0n) is 19.8. The van der Waals surface area contributed by atoms with Crippen LogP contribution < -0.4 is 18.9 Å². The van der Waals surface area contributed by atoms with E-state index in [4.69, 9.17) is 18.9 Å². The first kappa shape index (κ1) is 23.0. The van der Waals surface area contributed by atoms with Gasteiger partial charge in [-0.3, -0.25) is 14.4 Å². The number of ether oxygens (including phenoxy) is 4. The van der Waals surface area contributed by atoms with Crippen LogP contribution in [0.4, 0.5) is 0 Å².